The highest BCUT2D eigenvalue weighted by Gasteiger charge is 2.73. The molecule has 3 atom stereocenters. The summed E-state index contributed by atoms with van der Waals surface area (Å²) in [5.74, 6) is -3.36. The van der Waals surface area contributed by atoms with E-state index in [0.717, 1.165) is 24.3 Å². The quantitative estimate of drug-likeness (QED) is 0.241. The molecule has 2 aromatic carbocycles. The summed E-state index contributed by atoms with van der Waals surface area (Å²) in [5.41, 5.74) is -9.56. The lowest BCUT2D eigenvalue weighted by Crippen LogP contribution is -2.53. The zero-order valence-corrected chi connectivity index (χ0v) is 22.3. The van der Waals surface area contributed by atoms with Crippen LogP contribution in [-0.2, 0) is 25.0 Å². The monoisotopic (exact) mass is 611 g/mol. The molecule has 14 heteroatoms. The van der Waals surface area contributed by atoms with Gasteiger partial charge >= 0.3 is 24.0 Å². The molecular formula is C27H25F8NO4S. The van der Waals surface area contributed by atoms with Gasteiger partial charge < -0.3 is 10.0 Å². The number of likely N-dealkylation sites (tertiary alicyclic amines) is 1. The minimum Gasteiger partial charge on any atom is -0.481 e. The molecule has 0 amide bonds. The highest BCUT2D eigenvalue weighted by molar-refractivity contribution is 7.92. The van der Waals surface area contributed by atoms with Gasteiger partial charge in [0.2, 0.25) is 0 Å². The van der Waals surface area contributed by atoms with Gasteiger partial charge in [0.25, 0.3) is 0 Å². The van der Waals surface area contributed by atoms with E-state index in [1.807, 2.05) is 0 Å². The summed E-state index contributed by atoms with van der Waals surface area (Å²) in [7, 11) is -3.21. The number of allylic oxidation sites excluding steroid dienone is 2. The normalized spacial score (nSPS) is 26.3. The smallest absolute Gasteiger partial charge is 0.435 e. The number of hydrogen-bond donors (Lipinski definition) is 1. The van der Waals surface area contributed by atoms with Crippen LogP contribution in [0.15, 0.2) is 65.6 Å². The Morgan fingerprint density at radius 2 is 1.49 bits per heavy atom. The molecule has 2 aromatic rings. The maximum absolute atomic E-state index is 14.8. The highest BCUT2D eigenvalue weighted by atomic mass is 32.2. The summed E-state index contributed by atoms with van der Waals surface area (Å²) in [4.78, 5) is 13.9. The van der Waals surface area contributed by atoms with Gasteiger partial charge in [0.15, 0.2) is 9.84 Å². The lowest BCUT2D eigenvalue weighted by atomic mass is 9.63. The molecule has 0 spiro atoms. The van der Waals surface area contributed by atoms with Crippen molar-refractivity contribution < 1.29 is 53.4 Å². The predicted octanol–water partition coefficient (Wildman–Crippen LogP) is 6.16. The Hall–Kier alpha value is -3.00. The molecule has 1 heterocycles. The van der Waals surface area contributed by atoms with E-state index in [4.69, 9.17) is 0 Å². The van der Waals surface area contributed by atoms with Crippen molar-refractivity contribution in [2.45, 2.75) is 46.9 Å². The third-order valence-corrected chi connectivity index (χ3v) is 10.7. The molecule has 0 radical (unpaired) electrons. The number of benzene rings is 2. The average molecular weight is 612 g/mol. The Balaban J connectivity index is 2.02. The molecule has 1 saturated heterocycles. The van der Waals surface area contributed by atoms with Crippen molar-refractivity contribution >= 4 is 15.8 Å². The van der Waals surface area contributed by atoms with Gasteiger partial charge in [-0.05, 0) is 56.1 Å². The van der Waals surface area contributed by atoms with Crippen LogP contribution in [0.3, 0.4) is 0 Å². The number of carboxylic acids is 1. The van der Waals surface area contributed by atoms with Crippen LogP contribution in [0.5, 0.6) is 0 Å². The van der Waals surface area contributed by atoms with Gasteiger partial charge in [0, 0.05) is 24.6 Å². The molecule has 0 saturated carbocycles. The van der Waals surface area contributed by atoms with Crippen molar-refractivity contribution in [3.8, 4) is 0 Å². The van der Waals surface area contributed by atoms with Gasteiger partial charge in [0.1, 0.15) is 10.6 Å². The topological polar surface area (TPSA) is 74.7 Å². The van der Waals surface area contributed by atoms with Crippen LogP contribution in [0.1, 0.15) is 30.4 Å². The molecule has 0 bridgehead atoms. The van der Waals surface area contributed by atoms with E-state index < -0.39 is 72.7 Å². The Kier molecular flexibility index (Phi) is 7.60. The number of nitrogens with zero attached hydrogens (tertiary/aromatic N) is 1. The third kappa shape index (κ3) is 4.62. The second-order valence-electron chi connectivity index (χ2n) is 10.5. The fourth-order valence-corrected chi connectivity index (χ4v) is 8.61. The average Bonchev–Trinajstić information content (AvgIpc) is 3.27. The number of aliphatic carboxylic acids is 1. The molecular weight excluding hydrogens is 586 g/mol. The number of likely N-dealkylation sites (N-methyl/N-ethyl adjacent to an activating group) is 1. The molecule has 2 unspecified atom stereocenters. The second kappa shape index (κ2) is 10.1. The second-order valence-corrected chi connectivity index (χ2v) is 12.7. The van der Waals surface area contributed by atoms with Crippen LogP contribution in [0.25, 0.3) is 0 Å². The maximum atomic E-state index is 14.8. The Labute approximate surface area is 230 Å². The van der Waals surface area contributed by atoms with Crippen LogP contribution in [0.2, 0.25) is 0 Å². The first-order chi connectivity index (χ1) is 18.8. The number of alkyl halides is 7. The summed E-state index contributed by atoms with van der Waals surface area (Å²) in [6, 6.07) is 5.40. The van der Waals surface area contributed by atoms with E-state index in [2.05, 4.69) is 0 Å². The number of sulfone groups is 1. The van der Waals surface area contributed by atoms with E-state index in [0.29, 0.717) is 12.1 Å². The largest absolute Gasteiger partial charge is 0.481 e. The number of halogens is 8. The van der Waals surface area contributed by atoms with E-state index in [-0.39, 0.29) is 43.5 Å². The molecule has 0 aromatic heterocycles. The number of hydrogen-bond acceptors (Lipinski definition) is 4. The van der Waals surface area contributed by atoms with Gasteiger partial charge in [-0.15, -0.1) is 0 Å². The van der Waals surface area contributed by atoms with Crippen molar-refractivity contribution in [1.82, 2.24) is 4.90 Å². The van der Waals surface area contributed by atoms with E-state index >= 15 is 0 Å². The lowest BCUT2D eigenvalue weighted by Gasteiger charge is -2.45. The fraction of sp³-hybridized carbons (Fsp3) is 0.444. The summed E-state index contributed by atoms with van der Waals surface area (Å²) in [6.07, 6.45) is -9.27. The first-order valence-electron chi connectivity index (χ1n) is 12.3. The Morgan fingerprint density at radius 3 is 1.95 bits per heavy atom. The van der Waals surface area contributed by atoms with Gasteiger partial charge in [0.05, 0.1) is 10.3 Å². The van der Waals surface area contributed by atoms with E-state index in [1.165, 1.54) is 11.9 Å². The van der Waals surface area contributed by atoms with Crippen LogP contribution in [-0.4, -0.2) is 56.9 Å². The summed E-state index contributed by atoms with van der Waals surface area (Å²) in [6.45, 7) is -0.505. The number of carboxylic acid groups (broad SMARTS) is 1. The molecule has 2 aliphatic rings. The molecule has 41 heavy (non-hydrogen) atoms. The van der Waals surface area contributed by atoms with Crippen LogP contribution in [0, 0.1) is 17.2 Å². The maximum Gasteiger partial charge on any atom is 0.435 e. The Morgan fingerprint density at radius 1 is 0.927 bits per heavy atom. The zero-order valence-electron chi connectivity index (χ0n) is 21.4. The standard InChI is InChI=1S/C27H25F8NO4S/c1-36-15-21(23(22(37)38)13-3-2-4-14-23)24(16-36,41(39,40)20-11-9-19(28)10-12-20)17-5-7-18(8-6-17)25(29,26(30,31)32)27(33,34)35/h2-3,5-12,21H,4,13-16H2,1H3,(H,37,38)/t21?,23?,24-/m0/s1. The van der Waals surface area contributed by atoms with E-state index in [1.54, 1.807) is 12.2 Å². The molecule has 1 aliphatic heterocycles. The molecule has 1 N–H and O–H groups in total. The third-order valence-electron chi connectivity index (χ3n) is 8.22. The van der Waals surface area contributed by atoms with Crippen LogP contribution >= 0.6 is 0 Å². The first kappa shape index (κ1) is 30.9. The Bertz CT molecular complexity index is 1420. The van der Waals surface area contributed by atoms with Gasteiger partial charge in [-0.2, -0.15) is 26.3 Å². The SMILES string of the molecule is CN1CC(C2(C(=O)O)CC=CCC2)[C@](c2ccc(C(F)(C(F)(F)F)C(F)(F)F)cc2)(S(=O)(=O)c2ccc(F)cc2)C1. The molecule has 1 aliphatic carbocycles. The number of carbonyl (C=O) groups is 1. The predicted molar refractivity (Wildman–Crippen MR) is 131 cm³/mol. The zero-order chi connectivity index (χ0) is 30.6. The molecule has 4 rings (SSSR count). The van der Waals surface area contributed by atoms with Crippen LogP contribution in [0.4, 0.5) is 35.1 Å². The first-order valence-corrected chi connectivity index (χ1v) is 13.8. The summed E-state index contributed by atoms with van der Waals surface area (Å²) < 4.78 is 136. The van der Waals surface area contributed by atoms with Crippen LogP contribution < -0.4 is 0 Å². The van der Waals surface area contributed by atoms with Crippen molar-refractivity contribution in [3.05, 3.63) is 77.6 Å². The van der Waals surface area contributed by atoms with Crippen molar-refractivity contribution in [1.29, 1.82) is 0 Å². The van der Waals surface area contributed by atoms with Gasteiger partial charge in [-0.25, -0.2) is 17.2 Å². The summed E-state index contributed by atoms with van der Waals surface area (Å²) in [5, 5.41) is 10.4. The minimum atomic E-state index is -6.39. The van der Waals surface area contributed by atoms with Crippen molar-refractivity contribution in [2.75, 3.05) is 20.1 Å². The van der Waals surface area contributed by atoms with Gasteiger partial charge in [-0.3, -0.25) is 4.79 Å². The van der Waals surface area contributed by atoms with E-state index in [9.17, 15) is 53.4 Å². The van der Waals surface area contributed by atoms with Gasteiger partial charge in [-0.1, -0.05) is 36.4 Å². The lowest BCUT2D eigenvalue weighted by molar-refractivity contribution is -0.348. The highest BCUT2D eigenvalue weighted by Crippen LogP contribution is 2.58. The molecule has 1 fully saturated rings. The van der Waals surface area contributed by atoms with Crippen molar-refractivity contribution in [2.24, 2.45) is 11.3 Å². The number of rotatable bonds is 6. The minimum absolute atomic E-state index is 0.00580. The summed E-state index contributed by atoms with van der Waals surface area (Å²) >= 11 is 0. The fourth-order valence-electron chi connectivity index (χ4n) is 6.18. The molecule has 5 nitrogen and oxygen atoms in total. The van der Waals surface area contributed by atoms with Crippen molar-refractivity contribution in [3.63, 3.8) is 0 Å². The molecule has 224 valence electrons.